The van der Waals surface area contributed by atoms with Crippen LogP contribution in [0.5, 0.6) is 0 Å². The predicted octanol–water partition coefficient (Wildman–Crippen LogP) is 3.59. The fraction of sp³-hybridized carbons (Fsp3) is 0.393. The number of hydrogen-bond acceptors (Lipinski definition) is 7. The van der Waals surface area contributed by atoms with E-state index in [0.717, 1.165) is 6.26 Å². The van der Waals surface area contributed by atoms with Gasteiger partial charge >= 0.3 is 0 Å². The Morgan fingerprint density at radius 1 is 1.20 bits per heavy atom. The maximum Gasteiger partial charge on any atom is 0.283 e. The van der Waals surface area contributed by atoms with E-state index in [1.807, 2.05) is 20.8 Å². The monoisotopic (exact) mass is 605 g/mol. The van der Waals surface area contributed by atoms with Gasteiger partial charge in [-0.1, -0.05) is 58.0 Å². The van der Waals surface area contributed by atoms with Crippen molar-refractivity contribution in [2.24, 2.45) is 9.81 Å². The van der Waals surface area contributed by atoms with E-state index in [1.54, 1.807) is 13.0 Å². The van der Waals surface area contributed by atoms with Crippen LogP contribution in [0.25, 0.3) is 0 Å². The number of hydrogen-bond donors (Lipinski definition) is 1. The lowest BCUT2D eigenvalue weighted by atomic mass is 9.84. The van der Waals surface area contributed by atoms with Crippen LogP contribution in [0, 0.1) is 18.2 Å². The van der Waals surface area contributed by atoms with Crippen LogP contribution in [0.1, 0.15) is 56.4 Å². The molecule has 2 aliphatic rings. The van der Waals surface area contributed by atoms with Crippen molar-refractivity contribution in [3.05, 3.63) is 75.8 Å². The second-order valence-corrected chi connectivity index (χ2v) is 14.7. The Bertz CT molecular complexity index is 1740. The average molecular weight is 606 g/mol. The molecule has 0 aromatic heterocycles. The number of nitrogens with zero attached hydrogens (tertiary/aromatic N) is 3. The van der Waals surface area contributed by atoms with Crippen molar-refractivity contribution in [3.8, 4) is 0 Å². The molecule has 0 aliphatic carbocycles. The highest BCUT2D eigenvalue weighted by atomic mass is 32.2. The number of sulfonamides is 2. The van der Waals surface area contributed by atoms with Crippen LogP contribution in [0.15, 0.2) is 57.0 Å². The molecular formula is C28H32FN3O7S2. The third-order valence-electron chi connectivity index (χ3n) is 7.05. The molecule has 2 aliphatic heterocycles. The molecule has 0 radical (unpaired) electrons. The van der Waals surface area contributed by atoms with Crippen molar-refractivity contribution in [2.75, 3.05) is 6.26 Å². The van der Waals surface area contributed by atoms with E-state index in [2.05, 4.69) is 4.40 Å². The first kappa shape index (κ1) is 30.4. The average Bonchev–Trinajstić information content (AvgIpc) is 3.27. The van der Waals surface area contributed by atoms with Crippen LogP contribution in [0.2, 0.25) is 0 Å². The largest absolute Gasteiger partial charge is 0.509 e. The number of aryl methyl sites for hydroxylation is 1. The topological polar surface area (TPSA) is 141 Å². The van der Waals surface area contributed by atoms with Crippen LogP contribution >= 0.6 is 0 Å². The van der Waals surface area contributed by atoms with Crippen LogP contribution < -0.4 is 0 Å². The van der Waals surface area contributed by atoms with Crippen LogP contribution in [-0.2, 0) is 42.7 Å². The minimum absolute atomic E-state index is 0.00465. The Balaban J connectivity index is 1.83. The Morgan fingerprint density at radius 3 is 2.41 bits per heavy atom. The van der Waals surface area contributed by atoms with Crippen molar-refractivity contribution in [1.82, 2.24) is 9.21 Å². The summed E-state index contributed by atoms with van der Waals surface area (Å²) in [5, 5.41) is 11.4. The summed E-state index contributed by atoms with van der Waals surface area (Å²) in [4.78, 5) is 27.4. The van der Waals surface area contributed by atoms with Crippen molar-refractivity contribution in [2.45, 2.75) is 65.1 Å². The molecule has 0 saturated carbocycles. The van der Waals surface area contributed by atoms with E-state index in [1.165, 1.54) is 42.2 Å². The molecule has 1 atom stereocenters. The predicted molar refractivity (Wildman–Crippen MR) is 150 cm³/mol. The zero-order chi connectivity index (χ0) is 30.7. The highest BCUT2D eigenvalue weighted by Gasteiger charge is 2.49. The molecule has 10 nitrogen and oxygen atoms in total. The molecule has 0 spiro atoms. The molecule has 220 valence electrons. The molecule has 13 heteroatoms. The minimum Gasteiger partial charge on any atom is -0.509 e. The summed E-state index contributed by atoms with van der Waals surface area (Å²) in [6.07, 6.45) is 0.730. The molecule has 41 heavy (non-hydrogen) atoms. The zero-order valence-electron chi connectivity index (χ0n) is 23.6. The van der Waals surface area contributed by atoms with Gasteiger partial charge in [-0.15, -0.1) is 0 Å². The van der Waals surface area contributed by atoms with E-state index in [0.29, 0.717) is 15.4 Å². The molecule has 4 rings (SSSR count). The summed E-state index contributed by atoms with van der Waals surface area (Å²) >= 11 is 0. The SMILES string of the molecule is CCC(=O)N(Cc1cccc2c1S(=O)(=O)N=C2C1=C(O)[C@H](C(C)(C)C)N(Cc2ccc(F)c(C)c2)C1=O)S(C)(=O)=O. The van der Waals surface area contributed by atoms with Gasteiger partial charge < -0.3 is 10.0 Å². The van der Waals surface area contributed by atoms with Gasteiger partial charge in [-0.2, -0.15) is 12.8 Å². The van der Waals surface area contributed by atoms with Gasteiger partial charge in [-0.25, -0.2) is 17.1 Å². The second kappa shape index (κ2) is 10.4. The van der Waals surface area contributed by atoms with Gasteiger partial charge in [0.2, 0.25) is 15.9 Å². The van der Waals surface area contributed by atoms with E-state index in [4.69, 9.17) is 0 Å². The number of halogens is 1. The molecular weight excluding hydrogens is 573 g/mol. The summed E-state index contributed by atoms with van der Waals surface area (Å²) in [6.45, 7) is 8.00. The highest BCUT2D eigenvalue weighted by Crippen LogP contribution is 2.41. The van der Waals surface area contributed by atoms with Crippen LogP contribution in [0.4, 0.5) is 4.39 Å². The van der Waals surface area contributed by atoms with Crippen molar-refractivity contribution < 1.29 is 35.9 Å². The number of benzene rings is 2. The molecule has 2 heterocycles. The number of rotatable bonds is 7. The van der Waals surface area contributed by atoms with E-state index in [9.17, 15) is 35.9 Å². The first-order valence-electron chi connectivity index (χ1n) is 12.9. The number of aliphatic hydroxyl groups is 1. The minimum atomic E-state index is -4.44. The number of fused-ring (bicyclic) bond motifs is 1. The lowest BCUT2D eigenvalue weighted by Gasteiger charge is -2.35. The quantitative estimate of drug-likeness (QED) is 0.508. The summed E-state index contributed by atoms with van der Waals surface area (Å²) < 4.78 is 69.7. The van der Waals surface area contributed by atoms with Gasteiger partial charge in [-0.3, -0.25) is 9.59 Å². The fourth-order valence-corrected chi connectivity index (χ4v) is 7.54. The zero-order valence-corrected chi connectivity index (χ0v) is 25.2. The molecule has 0 unspecified atom stereocenters. The maximum atomic E-state index is 13.9. The summed E-state index contributed by atoms with van der Waals surface area (Å²) in [7, 11) is -8.46. The second-order valence-electron chi connectivity index (χ2n) is 11.3. The van der Waals surface area contributed by atoms with E-state index < -0.39 is 55.7 Å². The van der Waals surface area contributed by atoms with Gasteiger partial charge in [0.15, 0.2) is 0 Å². The summed E-state index contributed by atoms with van der Waals surface area (Å²) in [5.41, 5.74) is -0.207. The molecule has 2 amide bonds. The molecule has 2 aromatic rings. The maximum absolute atomic E-state index is 13.9. The van der Waals surface area contributed by atoms with Crippen molar-refractivity contribution in [1.29, 1.82) is 0 Å². The van der Waals surface area contributed by atoms with E-state index in [-0.39, 0.29) is 46.0 Å². The smallest absolute Gasteiger partial charge is 0.283 e. The third-order valence-corrected chi connectivity index (χ3v) is 9.60. The van der Waals surface area contributed by atoms with Crippen LogP contribution in [0.3, 0.4) is 0 Å². The molecule has 0 fully saturated rings. The van der Waals surface area contributed by atoms with Gasteiger partial charge in [0.05, 0.1) is 18.8 Å². The summed E-state index contributed by atoms with van der Waals surface area (Å²) in [5.74, 6) is -2.13. The number of aliphatic hydroxyl groups excluding tert-OH is 1. The summed E-state index contributed by atoms with van der Waals surface area (Å²) in [6, 6.07) is 7.84. The lowest BCUT2D eigenvalue weighted by Crippen LogP contribution is -2.43. The molecule has 2 aromatic carbocycles. The fourth-order valence-electron chi connectivity index (χ4n) is 5.24. The molecule has 0 saturated heterocycles. The first-order chi connectivity index (χ1) is 18.9. The standard InChI is InChI=1S/C28H32FN3O7S2/c1-7-21(33)32(40(6,36)37)15-18-9-8-10-19-23(30-41(38,39)25(18)19)22-24(34)26(28(3,4)5)31(27(22)35)14-17-11-12-20(29)16(2)13-17/h8-13,26,34H,7,14-15H2,1-6H3/t26-/m1/s1. The Morgan fingerprint density at radius 2 is 1.85 bits per heavy atom. The Kier molecular flexibility index (Phi) is 7.67. The van der Waals surface area contributed by atoms with Crippen LogP contribution in [-0.4, -0.2) is 61.0 Å². The Hall–Kier alpha value is -3.58. The Labute approximate surface area is 239 Å². The van der Waals surface area contributed by atoms with Gasteiger partial charge in [0.1, 0.15) is 27.8 Å². The third kappa shape index (κ3) is 5.52. The van der Waals surface area contributed by atoms with Crippen molar-refractivity contribution in [3.63, 3.8) is 0 Å². The number of carbonyl (C=O) groups is 2. The normalized spacial score (nSPS) is 18.5. The van der Waals surface area contributed by atoms with Gasteiger partial charge in [0, 0.05) is 18.5 Å². The lowest BCUT2D eigenvalue weighted by molar-refractivity contribution is -0.129. The number of amides is 2. The first-order valence-corrected chi connectivity index (χ1v) is 16.1. The number of carbonyl (C=O) groups excluding carboxylic acids is 2. The molecule has 1 N–H and O–H groups in total. The van der Waals surface area contributed by atoms with E-state index >= 15 is 0 Å². The highest BCUT2D eigenvalue weighted by molar-refractivity contribution is 7.91. The van der Waals surface area contributed by atoms with Crippen molar-refractivity contribution >= 4 is 37.6 Å². The van der Waals surface area contributed by atoms with Gasteiger partial charge in [-0.05, 0) is 35.1 Å². The van der Waals surface area contributed by atoms with Gasteiger partial charge in [0.25, 0.3) is 15.9 Å². The molecule has 0 bridgehead atoms.